The number of hydrogen-bond acceptors (Lipinski definition) is 4. The highest BCUT2D eigenvalue weighted by atomic mass is 32.2. The van der Waals surface area contributed by atoms with Gasteiger partial charge in [-0.2, -0.15) is 9.40 Å². The second-order valence-electron chi connectivity index (χ2n) is 5.02. The third kappa shape index (κ3) is 2.54. The minimum Gasteiger partial charge on any atom is -0.304 e. The Hall–Kier alpha value is -0.920. The zero-order valence-electron chi connectivity index (χ0n) is 12.0. The Kier molecular flexibility index (Phi) is 3.98. The molecule has 0 saturated carbocycles. The summed E-state index contributed by atoms with van der Waals surface area (Å²) in [7, 11) is -1.40. The van der Waals surface area contributed by atoms with Crippen molar-refractivity contribution >= 4 is 10.0 Å². The first-order valence-corrected chi connectivity index (χ1v) is 8.04. The van der Waals surface area contributed by atoms with Gasteiger partial charge >= 0.3 is 0 Å². The molecule has 1 aromatic rings. The van der Waals surface area contributed by atoms with Crippen molar-refractivity contribution in [3.63, 3.8) is 0 Å². The van der Waals surface area contributed by atoms with E-state index in [1.54, 1.807) is 15.9 Å². The van der Waals surface area contributed by atoms with Gasteiger partial charge in [0.2, 0.25) is 10.0 Å². The van der Waals surface area contributed by atoms with Crippen LogP contribution in [-0.4, -0.2) is 60.6 Å². The van der Waals surface area contributed by atoms with Gasteiger partial charge in [-0.1, -0.05) is 0 Å². The van der Waals surface area contributed by atoms with Crippen LogP contribution in [0.4, 0.5) is 0 Å². The second-order valence-corrected chi connectivity index (χ2v) is 6.90. The smallest absolute Gasteiger partial charge is 0.246 e. The SMILES string of the molecule is CCn1nc(C)c(S(=O)(=O)N2CCN(C)CC2)c1C. The van der Waals surface area contributed by atoms with Gasteiger partial charge in [0.25, 0.3) is 0 Å². The quantitative estimate of drug-likeness (QED) is 0.810. The molecule has 2 rings (SSSR count). The number of nitrogens with zero attached hydrogens (tertiary/aromatic N) is 4. The van der Waals surface area contributed by atoms with Crippen LogP contribution in [0.5, 0.6) is 0 Å². The molecule has 0 amide bonds. The van der Waals surface area contributed by atoms with Gasteiger partial charge in [-0.15, -0.1) is 0 Å². The predicted molar refractivity (Wildman–Crippen MR) is 73.6 cm³/mol. The van der Waals surface area contributed by atoms with E-state index in [-0.39, 0.29) is 0 Å². The fraction of sp³-hybridized carbons (Fsp3) is 0.750. The van der Waals surface area contributed by atoms with Crippen LogP contribution in [0.2, 0.25) is 0 Å². The molecule has 0 spiro atoms. The lowest BCUT2D eigenvalue weighted by atomic mass is 10.4. The molecule has 0 atom stereocenters. The van der Waals surface area contributed by atoms with Crippen molar-refractivity contribution in [2.24, 2.45) is 0 Å². The molecule has 0 radical (unpaired) electrons. The van der Waals surface area contributed by atoms with Gasteiger partial charge < -0.3 is 4.90 Å². The lowest BCUT2D eigenvalue weighted by Crippen LogP contribution is -2.47. The third-order valence-electron chi connectivity index (χ3n) is 3.67. The van der Waals surface area contributed by atoms with Crippen LogP contribution in [0.25, 0.3) is 0 Å². The van der Waals surface area contributed by atoms with Crippen LogP contribution in [0.15, 0.2) is 4.90 Å². The Balaban J connectivity index is 2.37. The second kappa shape index (κ2) is 5.22. The van der Waals surface area contributed by atoms with Crippen LogP contribution < -0.4 is 0 Å². The van der Waals surface area contributed by atoms with E-state index in [9.17, 15) is 8.42 Å². The zero-order valence-corrected chi connectivity index (χ0v) is 12.9. The molecule has 1 aliphatic rings. The summed E-state index contributed by atoms with van der Waals surface area (Å²) in [4.78, 5) is 2.53. The molecule has 2 heterocycles. The van der Waals surface area contributed by atoms with Crippen molar-refractivity contribution in [2.75, 3.05) is 33.2 Å². The Bertz CT molecular complexity index is 557. The van der Waals surface area contributed by atoms with Crippen LogP contribution in [-0.2, 0) is 16.6 Å². The van der Waals surface area contributed by atoms with Crippen LogP contribution in [0.1, 0.15) is 18.3 Å². The predicted octanol–water partition coefficient (Wildman–Crippen LogP) is 0.456. The lowest BCUT2D eigenvalue weighted by molar-refractivity contribution is 0.222. The van der Waals surface area contributed by atoms with Crippen LogP contribution in [0, 0.1) is 13.8 Å². The average Bonchev–Trinajstić information content (AvgIpc) is 2.65. The van der Waals surface area contributed by atoms with Crippen LogP contribution >= 0.6 is 0 Å². The van der Waals surface area contributed by atoms with E-state index in [1.807, 2.05) is 20.9 Å². The standard InChI is InChI=1S/C12H22N4O2S/c1-5-16-11(3)12(10(2)13-16)19(17,18)15-8-6-14(4)7-9-15/h5-9H2,1-4H3. The number of aromatic nitrogens is 2. The maximum absolute atomic E-state index is 12.7. The molecule has 0 bridgehead atoms. The van der Waals surface area contributed by atoms with E-state index in [4.69, 9.17) is 0 Å². The third-order valence-corrected chi connectivity index (χ3v) is 5.83. The summed E-state index contributed by atoms with van der Waals surface area (Å²) in [6, 6.07) is 0. The van der Waals surface area contributed by atoms with Gasteiger partial charge in [-0.3, -0.25) is 4.68 Å². The zero-order chi connectivity index (χ0) is 14.2. The number of rotatable bonds is 3. The molecule has 1 saturated heterocycles. The summed E-state index contributed by atoms with van der Waals surface area (Å²) in [5.74, 6) is 0. The molecule has 1 fully saturated rings. The summed E-state index contributed by atoms with van der Waals surface area (Å²) in [5, 5.41) is 4.31. The maximum Gasteiger partial charge on any atom is 0.246 e. The van der Waals surface area contributed by atoms with Gasteiger partial charge in [-0.25, -0.2) is 8.42 Å². The first-order valence-electron chi connectivity index (χ1n) is 6.60. The average molecular weight is 286 g/mol. The molecule has 1 aromatic heterocycles. The molecule has 1 aliphatic heterocycles. The molecule has 0 aromatic carbocycles. The fourth-order valence-electron chi connectivity index (χ4n) is 2.52. The molecule has 108 valence electrons. The number of piperazine rings is 1. The topological polar surface area (TPSA) is 58.4 Å². The molecular formula is C12H22N4O2S. The molecule has 0 N–H and O–H groups in total. The molecule has 6 nitrogen and oxygen atoms in total. The van der Waals surface area contributed by atoms with Gasteiger partial charge in [0.05, 0.1) is 11.4 Å². The van der Waals surface area contributed by atoms with E-state index >= 15 is 0 Å². The van der Waals surface area contributed by atoms with Crippen molar-refractivity contribution < 1.29 is 8.42 Å². The van der Waals surface area contributed by atoms with Crippen molar-refractivity contribution in [2.45, 2.75) is 32.2 Å². The van der Waals surface area contributed by atoms with Gasteiger partial charge in [0, 0.05) is 32.7 Å². The largest absolute Gasteiger partial charge is 0.304 e. The van der Waals surface area contributed by atoms with Gasteiger partial charge in [-0.05, 0) is 27.8 Å². The first kappa shape index (κ1) is 14.5. The Morgan fingerprint density at radius 3 is 2.21 bits per heavy atom. The van der Waals surface area contributed by atoms with Gasteiger partial charge in [0.15, 0.2) is 0 Å². The monoisotopic (exact) mass is 286 g/mol. The highest BCUT2D eigenvalue weighted by molar-refractivity contribution is 7.89. The number of hydrogen-bond donors (Lipinski definition) is 0. The van der Waals surface area contributed by atoms with E-state index in [1.165, 1.54) is 0 Å². The Morgan fingerprint density at radius 2 is 1.74 bits per heavy atom. The number of sulfonamides is 1. The summed E-state index contributed by atoms with van der Waals surface area (Å²) >= 11 is 0. The van der Waals surface area contributed by atoms with Crippen molar-refractivity contribution in [1.29, 1.82) is 0 Å². The molecule has 19 heavy (non-hydrogen) atoms. The van der Waals surface area contributed by atoms with E-state index in [0.717, 1.165) is 18.8 Å². The minimum absolute atomic E-state index is 0.388. The van der Waals surface area contributed by atoms with E-state index in [0.29, 0.717) is 30.2 Å². The molecule has 0 unspecified atom stereocenters. The number of likely N-dealkylation sites (N-methyl/N-ethyl adjacent to an activating group) is 1. The Labute approximate surface area is 115 Å². The highest BCUT2D eigenvalue weighted by Crippen LogP contribution is 2.24. The van der Waals surface area contributed by atoms with Crippen LogP contribution in [0.3, 0.4) is 0 Å². The summed E-state index contributed by atoms with van der Waals surface area (Å²) in [5.41, 5.74) is 1.33. The fourth-order valence-corrected chi connectivity index (χ4v) is 4.31. The first-order chi connectivity index (χ1) is 8.87. The van der Waals surface area contributed by atoms with Crippen molar-refractivity contribution in [3.05, 3.63) is 11.4 Å². The van der Waals surface area contributed by atoms with Crippen molar-refractivity contribution in [3.8, 4) is 0 Å². The minimum atomic E-state index is -3.41. The van der Waals surface area contributed by atoms with E-state index < -0.39 is 10.0 Å². The Morgan fingerprint density at radius 1 is 1.16 bits per heavy atom. The number of aryl methyl sites for hydroxylation is 2. The summed E-state index contributed by atoms with van der Waals surface area (Å²) in [6.07, 6.45) is 0. The van der Waals surface area contributed by atoms with Gasteiger partial charge in [0.1, 0.15) is 4.90 Å². The van der Waals surface area contributed by atoms with E-state index in [2.05, 4.69) is 10.00 Å². The molecule has 0 aliphatic carbocycles. The van der Waals surface area contributed by atoms with Crippen molar-refractivity contribution in [1.82, 2.24) is 19.0 Å². The summed E-state index contributed by atoms with van der Waals surface area (Å²) in [6.45, 7) is 8.90. The molecule has 7 heteroatoms. The maximum atomic E-state index is 12.7. The summed E-state index contributed by atoms with van der Waals surface area (Å²) < 4.78 is 28.8. The lowest BCUT2D eigenvalue weighted by Gasteiger charge is -2.31. The highest BCUT2D eigenvalue weighted by Gasteiger charge is 2.32. The molecular weight excluding hydrogens is 264 g/mol. The normalized spacial score (nSPS) is 18.9.